The molecule has 0 aliphatic rings. The Bertz CT molecular complexity index is 373. The molecule has 0 heterocycles. The third-order valence-electron chi connectivity index (χ3n) is 3.42. The molecular weight excluding hydrogens is 302 g/mol. The van der Waals surface area contributed by atoms with Gasteiger partial charge in [-0.1, -0.05) is 91.0 Å². The van der Waals surface area contributed by atoms with Gasteiger partial charge in [0.1, 0.15) is 0 Å². The highest BCUT2D eigenvalue weighted by Gasteiger charge is 2.13. The first-order chi connectivity index (χ1) is 11.7. The third kappa shape index (κ3) is 19.4. The van der Waals surface area contributed by atoms with Crippen LogP contribution < -0.4 is 5.73 Å². The first-order valence-electron chi connectivity index (χ1n) is 10.5. The summed E-state index contributed by atoms with van der Waals surface area (Å²) in [6.45, 7) is 23.7. The summed E-state index contributed by atoms with van der Waals surface area (Å²) in [6.07, 6.45) is 10.5. The van der Waals surface area contributed by atoms with Gasteiger partial charge in [-0.25, -0.2) is 0 Å². The molecule has 150 valence electrons. The van der Waals surface area contributed by atoms with Crippen molar-refractivity contribution in [1.29, 1.82) is 0 Å². The van der Waals surface area contributed by atoms with Crippen LogP contribution in [0.2, 0.25) is 0 Å². The second-order valence-corrected chi connectivity index (χ2v) is 7.41. The minimum Gasteiger partial charge on any atom is -0.324 e. The quantitative estimate of drug-likeness (QED) is 0.438. The van der Waals surface area contributed by atoms with Crippen molar-refractivity contribution in [2.75, 3.05) is 0 Å². The zero-order valence-electron chi connectivity index (χ0n) is 19.4. The molecule has 0 saturated carbocycles. The summed E-state index contributed by atoms with van der Waals surface area (Å²) in [5.41, 5.74) is 11.9. The summed E-state index contributed by atoms with van der Waals surface area (Å²) in [7, 11) is 0. The van der Waals surface area contributed by atoms with Crippen LogP contribution in [0.3, 0.4) is 0 Å². The van der Waals surface area contributed by atoms with Crippen LogP contribution in [0.4, 0.5) is 0 Å². The molecule has 0 spiro atoms. The van der Waals surface area contributed by atoms with Gasteiger partial charge in [-0.2, -0.15) is 0 Å². The Hall–Kier alpha value is -0.820. The van der Waals surface area contributed by atoms with Crippen LogP contribution in [0.5, 0.6) is 0 Å². The van der Waals surface area contributed by atoms with Gasteiger partial charge in [0.25, 0.3) is 0 Å². The predicted octanol–water partition coefficient (Wildman–Crippen LogP) is 8.22. The first kappa shape index (κ1) is 29.0. The predicted molar refractivity (Wildman–Crippen MR) is 120 cm³/mol. The lowest BCUT2D eigenvalue weighted by atomic mass is 9.90. The Kier molecular flexibility index (Phi) is 22.6. The highest BCUT2D eigenvalue weighted by atomic mass is 14.6. The van der Waals surface area contributed by atoms with E-state index in [1.165, 1.54) is 35.1 Å². The van der Waals surface area contributed by atoms with E-state index < -0.39 is 0 Å². The molecular formula is C24H49N. The fraction of sp³-hybridized carbons (Fsp3) is 0.750. The maximum atomic E-state index is 6.44. The van der Waals surface area contributed by atoms with Gasteiger partial charge in [0, 0.05) is 6.04 Å². The maximum Gasteiger partial charge on any atom is 0.0300 e. The molecule has 1 heteroatoms. The van der Waals surface area contributed by atoms with Crippen LogP contribution >= 0.6 is 0 Å². The van der Waals surface area contributed by atoms with E-state index in [9.17, 15) is 0 Å². The van der Waals surface area contributed by atoms with Crippen LogP contribution in [0.1, 0.15) is 108 Å². The molecule has 0 radical (unpaired) electrons. The molecule has 1 nitrogen and oxygen atoms in total. The van der Waals surface area contributed by atoms with E-state index in [0.717, 1.165) is 19.3 Å². The van der Waals surface area contributed by atoms with E-state index in [1.807, 2.05) is 13.8 Å². The van der Waals surface area contributed by atoms with Gasteiger partial charge in [0.05, 0.1) is 0 Å². The molecule has 0 aromatic rings. The van der Waals surface area contributed by atoms with Crippen LogP contribution in [-0.4, -0.2) is 6.04 Å². The van der Waals surface area contributed by atoms with Gasteiger partial charge in [-0.05, 0) is 57.6 Å². The van der Waals surface area contributed by atoms with Crippen molar-refractivity contribution < 1.29 is 0 Å². The van der Waals surface area contributed by atoms with E-state index in [0.29, 0.717) is 5.92 Å². The number of rotatable bonds is 8. The molecule has 0 amide bonds. The first-order valence-corrected chi connectivity index (χ1v) is 10.5. The number of unbranched alkanes of at least 4 members (excludes halogenated alkanes) is 1. The molecule has 0 rings (SSSR count). The lowest BCUT2D eigenvalue weighted by molar-refractivity contribution is 0.534. The van der Waals surface area contributed by atoms with E-state index in [2.05, 4.69) is 74.5 Å². The highest BCUT2D eigenvalue weighted by molar-refractivity contribution is 5.39. The maximum absolute atomic E-state index is 6.44. The molecule has 0 bridgehead atoms. The second-order valence-electron chi connectivity index (χ2n) is 7.41. The van der Waals surface area contributed by atoms with Crippen LogP contribution in [0, 0.1) is 5.92 Å². The number of hydrogen-bond acceptors (Lipinski definition) is 1. The Balaban J connectivity index is -0.000000701. The summed E-state index contributed by atoms with van der Waals surface area (Å²) < 4.78 is 0. The lowest BCUT2D eigenvalue weighted by Crippen LogP contribution is -2.25. The largest absolute Gasteiger partial charge is 0.324 e. The topological polar surface area (TPSA) is 26.0 Å². The van der Waals surface area contributed by atoms with E-state index >= 15 is 0 Å². The summed E-state index contributed by atoms with van der Waals surface area (Å²) in [5.74, 6) is 0.630. The van der Waals surface area contributed by atoms with Crippen molar-refractivity contribution in [2.24, 2.45) is 11.7 Å². The second kappa shape index (κ2) is 19.5. The van der Waals surface area contributed by atoms with Gasteiger partial charge in [0.15, 0.2) is 0 Å². The van der Waals surface area contributed by atoms with Gasteiger partial charge in [0.2, 0.25) is 0 Å². The summed E-state index contributed by atoms with van der Waals surface area (Å²) in [6, 6.07) is 0.145. The van der Waals surface area contributed by atoms with Crippen molar-refractivity contribution in [2.45, 2.75) is 114 Å². The Morgan fingerprint density at radius 3 is 1.52 bits per heavy atom. The third-order valence-corrected chi connectivity index (χ3v) is 3.42. The smallest absolute Gasteiger partial charge is 0.0300 e. The number of nitrogens with two attached hydrogens (primary N) is 1. The molecule has 2 N–H and O–H groups in total. The van der Waals surface area contributed by atoms with Crippen LogP contribution in [0.25, 0.3) is 0 Å². The van der Waals surface area contributed by atoms with E-state index in [4.69, 9.17) is 5.73 Å². The minimum absolute atomic E-state index is 0.145. The van der Waals surface area contributed by atoms with Crippen molar-refractivity contribution in [1.82, 2.24) is 0 Å². The van der Waals surface area contributed by atoms with Gasteiger partial charge >= 0.3 is 0 Å². The van der Waals surface area contributed by atoms with Gasteiger partial charge in [-0.15, -0.1) is 0 Å². The average molecular weight is 352 g/mol. The molecule has 0 aromatic heterocycles. The van der Waals surface area contributed by atoms with Gasteiger partial charge in [-0.3, -0.25) is 0 Å². The molecule has 0 fully saturated rings. The fourth-order valence-electron chi connectivity index (χ4n) is 2.30. The number of allylic oxidation sites excluding steroid dienone is 4. The minimum atomic E-state index is 0.145. The Labute approximate surface area is 160 Å². The summed E-state index contributed by atoms with van der Waals surface area (Å²) >= 11 is 0. The van der Waals surface area contributed by atoms with E-state index in [-0.39, 0.29) is 6.04 Å². The van der Waals surface area contributed by atoms with Crippen LogP contribution in [-0.2, 0) is 0 Å². The summed E-state index contributed by atoms with van der Waals surface area (Å²) in [5, 5.41) is 0. The lowest BCUT2D eigenvalue weighted by Gasteiger charge is -2.20. The molecule has 1 unspecified atom stereocenters. The summed E-state index contributed by atoms with van der Waals surface area (Å²) in [4.78, 5) is 0. The molecule has 0 aliphatic heterocycles. The van der Waals surface area contributed by atoms with E-state index in [1.54, 1.807) is 0 Å². The van der Waals surface area contributed by atoms with Crippen molar-refractivity contribution in [3.8, 4) is 0 Å². The Morgan fingerprint density at radius 1 is 0.800 bits per heavy atom. The zero-order valence-corrected chi connectivity index (χ0v) is 19.4. The monoisotopic (exact) mass is 351 g/mol. The molecule has 0 aromatic carbocycles. The SMILES string of the molecule is CC.CCC/C(C=C(C)C)=C(/C=C(C)C)C(N)CC(C)C.CCCC. The van der Waals surface area contributed by atoms with Crippen molar-refractivity contribution >= 4 is 0 Å². The Morgan fingerprint density at radius 2 is 1.24 bits per heavy atom. The van der Waals surface area contributed by atoms with Gasteiger partial charge < -0.3 is 5.73 Å². The fourth-order valence-corrected chi connectivity index (χ4v) is 2.30. The molecule has 1 atom stereocenters. The van der Waals surface area contributed by atoms with Crippen LogP contribution in [0.15, 0.2) is 34.4 Å². The average Bonchev–Trinajstić information content (AvgIpc) is 2.53. The standard InChI is InChI=1S/C18H33N.C4H10.C2H6/c1-8-9-16(10-13(2)3)17(11-14(4)5)18(19)12-15(6)7;1-3-4-2;1-2/h10-11,15,18H,8-9,12,19H2,1-7H3;3-4H2,1-2H3;1-2H3/b17-16+;;. The molecule has 0 saturated heterocycles. The number of hydrogen-bond donors (Lipinski definition) is 1. The highest BCUT2D eigenvalue weighted by Crippen LogP contribution is 2.22. The van der Waals surface area contributed by atoms with Crippen molar-refractivity contribution in [3.05, 3.63) is 34.4 Å². The van der Waals surface area contributed by atoms with Crippen molar-refractivity contribution in [3.63, 3.8) is 0 Å². The molecule has 25 heavy (non-hydrogen) atoms. The molecule has 0 aliphatic carbocycles. The normalized spacial score (nSPS) is 12.0. The zero-order chi connectivity index (χ0) is 20.4.